The topological polar surface area (TPSA) is 27.7 Å². The van der Waals surface area contributed by atoms with Crippen LogP contribution in [0.15, 0.2) is 18.2 Å². The van der Waals surface area contributed by atoms with Gasteiger partial charge in [-0.25, -0.2) is 0 Å². The van der Waals surface area contributed by atoms with Gasteiger partial charge in [0.1, 0.15) is 0 Å². The van der Waals surface area contributed by atoms with Gasteiger partial charge in [0.05, 0.1) is 17.8 Å². The van der Waals surface area contributed by atoms with E-state index in [1.54, 1.807) is 0 Å². The lowest BCUT2D eigenvalue weighted by Crippen LogP contribution is -2.43. The van der Waals surface area contributed by atoms with Crippen molar-refractivity contribution >= 4 is 20.9 Å². The average molecular weight is 362 g/mol. The van der Waals surface area contributed by atoms with Gasteiger partial charge in [0.2, 0.25) is 0 Å². The zero-order valence-electron chi connectivity index (χ0n) is 17.7. The van der Waals surface area contributed by atoms with Crippen LogP contribution < -0.4 is 5.46 Å². The van der Waals surface area contributed by atoms with Crippen LogP contribution >= 0.6 is 0 Å². The third-order valence-corrected chi connectivity index (χ3v) is 10.8. The van der Waals surface area contributed by atoms with Gasteiger partial charge in [-0.3, -0.25) is 0 Å². The molecule has 0 aromatic heterocycles. The number of hydrogen-bond donors (Lipinski definition) is 0. The summed E-state index contributed by atoms with van der Waals surface area (Å²) in [6, 6.07) is 6.35. The molecule has 0 bridgehead atoms. The van der Waals surface area contributed by atoms with E-state index in [1.165, 1.54) is 11.1 Å². The molecule has 0 N–H and O–H groups in total. The highest BCUT2D eigenvalue weighted by Crippen LogP contribution is 2.38. The zero-order valence-corrected chi connectivity index (χ0v) is 18.7. The Hall–Kier alpha value is -0.618. The Morgan fingerprint density at radius 1 is 1.04 bits per heavy atom. The fourth-order valence-electron chi connectivity index (χ4n) is 2.64. The minimum Gasteiger partial charge on any atom is -0.413 e. The smallest absolute Gasteiger partial charge is 0.413 e. The fraction of sp³-hybridized carbons (Fsp3) is 0.700. The van der Waals surface area contributed by atoms with Crippen LogP contribution in [0.3, 0.4) is 0 Å². The fourth-order valence-corrected chi connectivity index (χ4v) is 3.59. The van der Waals surface area contributed by atoms with Crippen molar-refractivity contribution in [2.45, 2.75) is 91.3 Å². The average Bonchev–Trinajstić information content (AvgIpc) is 2.63. The van der Waals surface area contributed by atoms with Crippen molar-refractivity contribution in [2.24, 2.45) is 0 Å². The first-order valence-electron chi connectivity index (χ1n) is 9.26. The van der Waals surface area contributed by atoms with Crippen LogP contribution in [0, 0.1) is 6.92 Å². The van der Waals surface area contributed by atoms with Crippen LogP contribution in [-0.2, 0) is 20.3 Å². The molecule has 0 spiro atoms. The van der Waals surface area contributed by atoms with Crippen molar-refractivity contribution in [1.29, 1.82) is 0 Å². The van der Waals surface area contributed by atoms with Gasteiger partial charge in [0, 0.05) is 0 Å². The summed E-state index contributed by atoms with van der Waals surface area (Å²) in [7, 11) is -2.15. The number of hydrogen-bond acceptors (Lipinski definition) is 3. The van der Waals surface area contributed by atoms with E-state index >= 15 is 0 Å². The predicted molar refractivity (Wildman–Crippen MR) is 109 cm³/mol. The lowest BCUT2D eigenvalue weighted by Gasteiger charge is -2.36. The SMILES string of the molecule is Cc1cccc(CO[Si](C)(C)C(C)(C)C)c1B1OC(C)(C)C(C)(C)O1. The van der Waals surface area contributed by atoms with Gasteiger partial charge in [0.25, 0.3) is 0 Å². The highest BCUT2D eigenvalue weighted by Gasteiger charge is 2.52. The van der Waals surface area contributed by atoms with Crippen LogP contribution in [0.1, 0.15) is 59.6 Å². The predicted octanol–water partition coefficient (Wildman–Crippen LogP) is 4.82. The minimum absolute atomic E-state index is 0.196. The molecule has 5 heteroatoms. The molecule has 1 fully saturated rings. The summed E-state index contributed by atoms with van der Waals surface area (Å²) in [4.78, 5) is 0. The van der Waals surface area contributed by atoms with E-state index in [-0.39, 0.29) is 23.4 Å². The Morgan fingerprint density at radius 3 is 2.04 bits per heavy atom. The van der Waals surface area contributed by atoms with Crippen LogP contribution in [0.4, 0.5) is 0 Å². The van der Waals surface area contributed by atoms with Crippen LogP contribution in [0.25, 0.3) is 0 Å². The Labute approximate surface area is 155 Å². The quantitative estimate of drug-likeness (QED) is 0.719. The summed E-state index contributed by atoms with van der Waals surface area (Å²) in [5.74, 6) is 0. The van der Waals surface area contributed by atoms with E-state index in [0.717, 1.165) is 5.46 Å². The normalized spacial score (nSPS) is 20.2. The molecular formula is C20H35BO3Si. The Morgan fingerprint density at radius 2 is 1.56 bits per heavy atom. The molecule has 1 aliphatic heterocycles. The maximum absolute atomic E-state index is 6.47. The van der Waals surface area contributed by atoms with Gasteiger partial charge < -0.3 is 13.7 Å². The summed E-state index contributed by atoms with van der Waals surface area (Å²) in [5.41, 5.74) is 2.81. The van der Waals surface area contributed by atoms with Crippen LogP contribution in [0.2, 0.25) is 18.1 Å². The number of rotatable bonds is 4. The molecule has 25 heavy (non-hydrogen) atoms. The second-order valence-electron chi connectivity index (χ2n) is 9.78. The highest BCUT2D eigenvalue weighted by molar-refractivity contribution is 6.74. The molecule has 1 aromatic carbocycles. The Kier molecular flexibility index (Phi) is 5.40. The number of benzene rings is 1. The molecule has 1 aliphatic rings. The van der Waals surface area contributed by atoms with Gasteiger partial charge in [-0.05, 0) is 63.8 Å². The monoisotopic (exact) mass is 362 g/mol. The summed E-state index contributed by atoms with van der Waals surface area (Å²) in [6.07, 6.45) is 0. The summed E-state index contributed by atoms with van der Waals surface area (Å²) in [5, 5.41) is 0.196. The van der Waals surface area contributed by atoms with E-state index in [1.807, 2.05) is 0 Å². The maximum atomic E-state index is 6.47. The van der Waals surface area contributed by atoms with E-state index < -0.39 is 8.32 Å². The molecule has 0 unspecified atom stereocenters. The van der Waals surface area contributed by atoms with E-state index in [0.29, 0.717) is 6.61 Å². The molecule has 3 nitrogen and oxygen atoms in total. The van der Waals surface area contributed by atoms with E-state index in [2.05, 4.69) is 86.7 Å². The van der Waals surface area contributed by atoms with Gasteiger partial charge in [-0.2, -0.15) is 0 Å². The molecule has 0 amide bonds. The van der Waals surface area contributed by atoms with Gasteiger partial charge in [0.15, 0.2) is 8.32 Å². The third kappa shape index (κ3) is 4.05. The largest absolute Gasteiger partial charge is 0.495 e. The van der Waals surface area contributed by atoms with Crippen molar-refractivity contribution < 1.29 is 13.7 Å². The molecule has 2 rings (SSSR count). The Bertz CT molecular complexity index is 616. The first kappa shape index (κ1) is 20.7. The molecule has 0 radical (unpaired) electrons. The lowest BCUT2D eigenvalue weighted by atomic mass is 9.73. The van der Waals surface area contributed by atoms with Crippen LogP contribution in [0.5, 0.6) is 0 Å². The van der Waals surface area contributed by atoms with Crippen molar-refractivity contribution in [3.63, 3.8) is 0 Å². The third-order valence-electron chi connectivity index (χ3n) is 6.30. The van der Waals surface area contributed by atoms with Crippen molar-refractivity contribution in [1.82, 2.24) is 0 Å². The summed E-state index contributed by atoms with van der Waals surface area (Å²) < 4.78 is 19.1. The molecule has 1 heterocycles. The summed E-state index contributed by atoms with van der Waals surface area (Å²) in [6.45, 7) is 22.5. The first-order valence-corrected chi connectivity index (χ1v) is 12.2. The molecule has 1 saturated heterocycles. The highest BCUT2D eigenvalue weighted by atomic mass is 28.4. The first-order chi connectivity index (χ1) is 11.2. The van der Waals surface area contributed by atoms with Crippen LogP contribution in [-0.4, -0.2) is 26.6 Å². The van der Waals surface area contributed by atoms with Gasteiger partial charge in [-0.1, -0.05) is 44.5 Å². The minimum atomic E-state index is -1.81. The van der Waals surface area contributed by atoms with Crippen molar-refractivity contribution in [3.8, 4) is 0 Å². The van der Waals surface area contributed by atoms with Crippen molar-refractivity contribution in [2.75, 3.05) is 0 Å². The number of aryl methyl sites for hydroxylation is 1. The molecular weight excluding hydrogens is 327 g/mol. The molecule has 1 aromatic rings. The molecule has 0 aliphatic carbocycles. The standard InChI is InChI=1S/C20H35BO3Si/c1-15-12-11-13-16(14-22-25(9,10)18(2,3)4)17(15)21-23-19(5,6)20(7,8)24-21/h11-13H,14H2,1-10H3. The lowest BCUT2D eigenvalue weighted by molar-refractivity contribution is 0.00578. The molecule has 0 saturated carbocycles. The second-order valence-corrected chi connectivity index (χ2v) is 14.6. The van der Waals surface area contributed by atoms with Gasteiger partial charge in [-0.15, -0.1) is 0 Å². The van der Waals surface area contributed by atoms with E-state index in [9.17, 15) is 0 Å². The second kappa shape index (κ2) is 6.52. The van der Waals surface area contributed by atoms with Crippen molar-refractivity contribution in [3.05, 3.63) is 29.3 Å². The zero-order chi connectivity index (χ0) is 19.3. The Balaban J connectivity index is 2.30. The van der Waals surface area contributed by atoms with Gasteiger partial charge >= 0.3 is 7.12 Å². The maximum Gasteiger partial charge on any atom is 0.495 e. The molecule has 140 valence electrons. The van der Waals surface area contributed by atoms with E-state index in [4.69, 9.17) is 13.7 Å². The molecule has 0 atom stereocenters. The summed E-state index contributed by atoms with van der Waals surface area (Å²) >= 11 is 0.